The van der Waals surface area contributed by atoms with Gasteiger partial charge in [0.1, 0.15) is 24.0 Å². The molecule has 0 fully saturated rings. The van der Waals surface area contributed by atoms with Crippen molar-refractivity contribution in [3.63, 3.8) is 0 Å². The minimum Gasteiger partial charge on any atom is -0.457 e. The predicted octanol–water partition coefficient (Wildman–Crippen LogP) is 16.7. The van der Waals surface area contributed by atoms with Crippen LogP contribution in [0.15, 0.2) is 146 Å². The standard InChI is InChI=1S/C61H68N4O/c1-57(2,3)41-21-18-22-46(31-41)63-39-64(53-28-23-42(35-55(53)63)58(4,5)6)47-32-45(60(10,11)12)33-49(37-47)66-48-25-26-50-51-34-44(61(13,14)40-19-16-15-17-20-40)24-27-52(51)65(54(50)38-48)56-36-43(29-30-62-56)59(7,8)9/h15-38H,39H2,1-14H3. The molecule has 6 aromatic carbocycles. The smallest absolute Gasteiger partial charge is 0.137 e. The van der Waals surface area contributed by atoms with E-state index >= 15 is 0 Å². The number of hydrogen-bond donors (Lipinski definition) is 0. The maximum atomic E-state index is 7.07. The molecule has 66 heavy (non-hydrogen) atoms. The molecule has 0 saturated carbocycles. The molecule has 1 aliphatic rings. The first kappa shape index (κ1) is 44.9. The van der Waals surface area contributed by atoms with Gasteiger partial charge in [0.05, 0.1) is 22.4 Å². The fourth-order valence-electron chi connectivity index (χ4n) is 9.41. The number of pyridine rings is 1. The van der Waals surface area contributed by atoms with Crippen molar-refractivity contribution in [1.29, 1.82) is 0 Å². The SMILES string of the molecule is CC(C)(C)c1cccc(N2CN(c3cc(Oc4ccc5c6cc(C(C)(C)c7ccccc7)ccc6n(-c6cc(C(C)(C)C)ccn6)c5c4)cc(C(C)(C)C)c3)c3ccc(C(C)(C)C)cc32)c1. The quantitative estimate of drug-likeness (QED) is 0.160. The lowest BCUT2D eigenvalue weighted by Gasteiger charge is -2.27. The van der Waals surface area contributed by atoms with Crippen LogP contribution >= 0.6 is 0 Å². The van der Waals surface area contributed by atoms with Crippen LogP contribution in [-0.2, 0) is 27.1 Å². The Morgan fingerprint density at radius 2 is 1.03 bits per heavy atom. The molecular weight excluding hydrogens is 805 g/mol. The Morgan fingerprint density at radius 1 is 0.409 bits per heavy atom. The number of fused-ring (bicyclic) bond motifs is 4. The zero-order valence-corrected chi connectivity index (χ0v) is 41.8. The normalized spacial score (nSPS) is 13.8. The lowest BCUT2D eigenvalue weighted by atomic mass is 9.78. The Bertz CT molecular complexity index is 3110. The zero-order valence-electron chi connectivity index (χ0n) is 41.8. The van der Waals surface area contributed by atoms with E-state index in [4.69, 9.17) is 9.72 Å². The molecule has 2 aromatic heterocycles. The Kier molecular flexibility index (Phi) is 10.8. The molecule has 0 atom stereocenters. The van der Waals surface area contributed by atoms with Crippen molar-refractivity contribution in [3.05, 3.63) is 179 Å². The van der Waals surface area contributed by atoms with Crippen molar-refractivity contribution in [2.75, 3.05) is 16.5 Å². The molecule has 0 saturated heterocycles. The highest BCUT2D eigenvalue weighted by Crippen LogP contribution is 2.48. The molecule has 5 heteroatoms. The Balaban J connectivity index is 1.17. The summed E-state index contributed by atoms with van der Waals surface area (Å²) >= 11 is 0. The zero-order chi connectivity index (χ0) is 47.1. The van der Waals surface area contributed by atoms with E-state index in [1.54, 1.807) is 0 Å². The number of rotatable bonds is 7. The van der Waals surface area contributed by atoms with Crippen LogP contribution in [-0.4, -0.2) is 16.2 Å². The molecule has 0 amide bonds. The van der Waals surface area contributed by atoms with Gasteiger partial charge in [-0.1, -0.05) is 152 Å². The molecule has 0 radical (unpaired) electrons. The van der Waals surface area contributed by atoms with Gasteiger partial charge >= 0.3 is 0 Å². The largest absolute Gasteiger partial charge is 0.457 e. The molecule has 338 valence electrons. The number of aromatic nitrogens is 2. The fraction of sp³-hybridized carbons (Fsp3) is 0.328. The van der Waals surface area contributed by atoms with E-state index < -0.39 is 0 Å². The van der Waals surface area contributed by atoms with E-state index in [0.717, 1.165) is 39.4 Å². The third kappa shape index (κ3) is 8.38. The summed E-state index contributed by atoms with van der Waals surface area (Å²) in [5.74, 6) is 2.48. The van der Waals surface area contributed by atoms with Gasteiger partial charge in [0.15, 0.2) is 0 Å². The average molecular weight is 873 g/mol. The third-order valence-electron chi connectivity index (χ3n) is 13.8. The molecule has 8 aromatic rings. The second kappa shape index (κ2) is 15.9. The minimum absolute atomic E-state index is 0.00778. The summed E-state index contributed by atoms with van der Waals surface area (Å²) in [6, 6.07) is 51.6. The molecule has 3 heterocycles. The maximum absolute atomic E-state index is 7.07. The van der Waals surface area contributed by atoms with Gasteiger partial charge in [0.2, 0.25) is 0 Å². The fourth-order valence-corrected chi connectivity index (χ4v) is 9.41. The summed E-state index contributed by atoms with van der Waals surface area (Å²) in [4.78, 5) is 9.95. The third-order valence-corrected chi connectivity index (χ3v) is 13.8. The Morgan fingerprint density at radius 3 is 1.73 bits per heavy atom. The second-order valence-electron chi connectivity index (χ2n) is 23.2. The highest BCUT2D eigenvalue weighted by atomic mass is 16.5. The number of ether oxygens (including phenoxy) is 1. The van der Waals surface area contributed by atoms with Crippen LogP contribution in [0.4, 0.5) is 22.7 Å². The second-order valence-corrected chi connectivity index (χ2v) is 23.2. The van der Waals surface area contributed by atoms with Crippen LogP contribution in [0.2, 0.25) is 0 Å². The van der Waals surface area contributed by atoms with Gasteiger partial charge in [0.25, 0.3) is 0 Å². The topological polar surface area (TPSA) is 33.5 Å². The van der Waals surface area contributed by atoms with Crippen LogP contribution < -0.4 is 14.5 Å². The highest BCUT2D eigenvalue weighted by molar-refractivity contribution is 6.10. The van der Waals surface area contributed by atoms with Gasteiger partial charge in [-0.2, -0.15) is 0 Å². The van der Waals surface area contributed by atoms with Crippen molar-refractivity contribution in [2.45, 2.75) is 124 Å². The van der Waals surface area contributed by atoms with Gasteiger partial charge < -0.3 is 14.5 Å². The Labute approximate surface area is 394 Å². The van der Waals surface area contributed by atoms with Gasteiger partial charge in [-0.3, -0.25) is 4.57 Å². The molecule has 0 N–H and O–H groups in total. The molecule has 1 aliphatic heterocycles. The van der Waals surface area contributed by atoms with Crippen LogP contribution in [0.1, 0.15) is 130 Å². The summed E-state index contributed by atoms with van der Waals surface area (Å²) in [7, 11) is 0. The van der Waals surface area contributed by atoms with E-state index in [2.05, 4.69) is 251 Å². The van der Waals surface area contributed by atoms with Crippen molar-refractivity contribution >= 4 is 44.6 Å². The summed E-state index contributed by atoms with van der Waals surface area (Å²) in [6.45, 7) is 32.7. The summed E-state index contributed by atoms with van der Waals surface area (Å²) in [5.41, 5.74) is 14.2. The van der Waals surface area contributed by atoms with Crippen LogP contribution in [0.5, 0.6) is 11.5 Å². The average Bonchev–Trinajstić information content (AvgIpc) is 3.81. The van der Waals surface area contributed by atoms with E-state index in [-0.39, 0.29) is 27.1 Å². The Hall–Kier alpha value is -6.33. The molecule has 0 bridgehead atoms. The van der Waals surface area contributed by atoms with Crippen LogP contribution in [0.3, 0.4) is 0 Å². The van der Waals surface area contributed by atoms with Crippen molar-refractivity contribution in [3.8, 4) is 17.3 Å². The first-order chi connectivity index (χ1) is 31.0. The van der Waals surface area contributed by atoms with Crippen LogP contribution in [0.25, 0.3) is 27.6 Å². The summed E-state index contributed by atoms with van der Waals surface area (Å²) in [5, 5.41) is 2.35. The molecule has 9 rings (SSSR count). The molecule has 0 spiro atoms. The summed E-state index contributed by atoms with van der Waals surface area (Å²) < 4.78 is 9.38. The minimum atomic E-state index is -0.189. The maximum Gasteiger partial charge on any atom is 0.137 e. The van der Waals surface area contributed by atoms with E-state index in [1.165, 1.54) is 55.8 Å². The van der Waals surface area contributed by atoms with Crippen molar-refractivity contribution in [1.82, 2.24) is 9.55 Å². The first-order valence-corrected chi connectivity index (χ1v) is 23.7. The van der Waals surface area contributed by atoms with E-state index in [1.807, 2.05) is 6.20 Å². The molecule has 0 unspecified atom stereocenters. The lowest BCUT2D eigenvalue weighted by molar-refractivity contribution is 0.479. The lowest BCUT2D eigenvalue weighted by Crippen LogP contribution is -2.25. The number of nitrogens with zero attached hydrogens (tertiary/aromatic N) is 4. The highest BCUT2D eigenvalue weighted by Gasteiger charge is 2.32. The molecule has 0 aliphatic carbocycles. The van der Waals surface area contributed by atoms with Gasteiger partial charge in [-0.15, -0.1) is 0 Å². The molecular formula is C61H68N4O. The van der Waals surface area contributed by atoms with Crippen LogP contribution in [0, 0.1) is 0 Å². The first-order valence-electron chi connectivity index (χ1n) is 23.7. The molecule has 5 nitrogen and oxygen atoms in total. The number of anilines is 4. The predicted molar refractivity (Wildman–Crippen MR) is 280 cm³/mol. The number of benzene rings is 6. The number of hydrogen-bond acceptors (Lipinski definition) is 4. The van der Waals surface area contributed by atoms with Gasteiger partial charge in [0, 0.05) is 45.9 Å². The monoisotopic (exact) mass is 873 g/mol. The van der Waals surface area contributed by atoms with E-state index in [9.17, 15) is 0 Å². The van der Waals surface area contributed by atoms with Gasteiger partial charge in [-0.25, -0.2) is 4.98 Å². The summed E-state index contributed by atoms with van der Waals surface area (Å²) in [6.07, 6.45) is 1.95. The van der Waals surface area contributed by atoms with Crippen molar-refractivity contribution in [2.24, 2.45) is 0 Å². The van der Waals surface area contributed by atoms with Gasteiger partial charge in [-0.05, 0) is 128 Å². The van der Waals surface area contributed by atoms with E-state index in [0.29, 0.717) is 6.67 Å². The van der Waals surface area contributed by atoms with Crippen molar-refractivity contribution < 1.29 is 4.74 Å².